The van der Waals surface area contributed by atoms with Gasteiger partial charge in [0.05, 0.1) is 11.9 Å². The minimum Gasteiger partial charge on any atom is -0.393 e. The van der Waals surface area contributed by atoms with E-state index in [9.17, 15) is 8.42 Å². The van der Waals surface area contributed by atoms with Crippen LogP contribution in [0.1, 0.15) is 40.0 Å². The maximum absolute atomic E-state index is 11.5. The Morgan fingerprint density at radius 1 is 1.27 bits per heavy atom. The number of aliphatic hydroxyl groups excluding tert-OH is 1. The third-order valence-electron chi connectivity index (χ3n) is 2.17. The maximum Gasteiger partial charge on any atom is 0.211 e. The SMILES string of the molecule is CCCC(C)CS(=O)(=O)NCCC(C)O. The zero-order chi connectivity index (χ0) is 11.9. The summed E-state index contributed by atoms with van der Waals surface area (Å²) in [5.74, 6) is 0.375. The Labute approximate surface area is 93.1 Å². The minimum absolute atomic E-state index is 0.181. The second kappa shape index (κ2) is 7.19. The first-order chi connectivity index (χ1) is 6.87. The van der Waals surface area contributed by atoms with Gasteiger partial charge in [-0.2, -0.15) is 0 Å². The topological polar surface area (TPSA) is 66.4 Å². The summed E-state index contributed by atoms with van der Waals surface area (Å²) in [6.45, 7) is 5.95. The first-order valence-corrected chi connectivity index (χ1v) is 7.18. The fourth-order valence-electron chi connectivity index (χ4n) is 1.43. The molecule has 0 heterocycles. The molecule has 0 saturated heterocycles. The molecule has 0 radical (unpaired) electrons. The van der Waals surface area contributed by atoms with Crippen LogP contribution in [0, 0.1) is 5.92 Å². The summed E-state index contributed by atoms with van der Waals surface area (Å²) in [6, 6.07) is 0. The lowest BCUT2D eigenvalue weighted by atomic mass is 10.1. The van der Waals surface area contributed by atoms with Crippen LogP contribution in [0.25, 0.3) is 0 Å². The van der Waals surface area contributed by atoms with Crippen LogP contribution in [0.2, 0.25) is 0 Å². The molecule has 0 spiro atoms. The van der Waals surface area contributed by atoms with E-state index in [4.69, 9.17) is 5.11 Å². The van der Waals surface area contributed by atoms with Crippen LogP contribution in [0.4, 0.5) is 0 Å². The zero-order valence-corrected chi connectivity index (χ0v) is 10.7. The van der Waals surface area contributed by atoms with Gasteiger partial charge >= 0.3 is 0 Å². The molecule has 0 aliphatic heterocycles. The fraction of sp³-hybridized carbons (Fsp3) is 1.00. The lowest BCUT2D eigenvalue weighted by molar-refractivity contribution is 0.186. The van der Waals surface area contributed by atoms with E-state index in [1.165, 1.54) is 0 Å². The van der Waals surface area contributed by atoms with Crippen molar-refractivity contribution in [3.63, 3.8) is 0 Å². The van der Waals surface area contributed by atoms with Gasteiger partial charge in [-0.15, -0.1) is 0 Å². The minimum atomic E-state index is -3.16. The van der Waals surface area contributed by atoms with Crippen molar-refractivity contribution in [1.29, 1.82) is 0 Å². The highest BCUT2D eigenvalue weighted by molar-refractivity contribution is 7.89. The number of sulfonamides is 1. The zero-order valence-electron chi connectivity index (χ0n) is 9.86. The van der Waals surface area contributed by atoms with Crippen LogP contribution in [-0.4, -0.2) is 31.9 Å². The summed E-state index contributed by atoms with van der Waals surface area (Å²) in [5.41, 5.74) is 0. The van der Waals surface area contributed by atoms with Gasteiger partial charge in [0.25, 0.3) is 0 Å². The van der Waals surface area contributed by atoms with E-state index in [0.29, 0.717) is 13.0 Å². The third-order valence-corrected chi connectivity index (χ3v) is 3.82. The van der Waals surface area contributed by atoms with Gasteiger partial charge in [0.15, 0.2) is 0 Å². The van der Waals surface area contributed by atoms with Crippen molar-refractivity contribution < 1.29 is 13.5 Å². The highest BCUT2D eigenvalue weighted by Crippen LogP contribution is 2.07. The molecule has 2 unspecified atom stereocenters. The van der Waals surface area contributed by atoms with E-state index in [-0.39, 0.29) is 11.7 Å². The molecule has 5 heteroatoms. The van der Waals surface area contributed by atoms with Crippen molar-refractivity contribution in [1.82, 2.24) is 4.72 Å². The molecule has 92 valence electrons. The van der Waals surface area contributed by atoms with Crippen molar-refractivity contribution >= 4 is 10.0 Å². The highest BCUT2D eigenvalue weighted by atomic mass is 32.2. The summed E-state index contributed by atoms with van der Waals surface area (Å²) in [4.78, 5) is 0. The number of nitrogens with one attached hydrogen (secondary N) is 1. The van der Waals surface area contributed by atoms with Gasteiger partial charge in [-0.1, -0.05) is 20.3 Å². The molecule has 2 atom stereocenters. The quantitative estimate of drug-likeness (QED) is 0.664. The smallest absolute Gasteiger partial charge is 0.211 e. The monoisotopic (exact) mass is 237 g/mol. The van der Waals surface area contributed by atoms with Crippen LogP contribution in [0.5, 0.6) is 0 Å². The average Bonchev–Trinajstić information content (AvgIpc) is 2.01. The lowest BCUT2D eigenvalue weighted by Crippen LogP contribution is -2.31. The van der Waals surface area contributed by atoms with Gasteiger partial charge < -0.3 is 5.11 Å². The largest absolute Gasteiger partial charge is 0.393 e. The van der Waals surface area contributed by atoms with Crippen LogP contribution in [0.15, 0.2) is 0 Å². The van der Waals surface area contributed by atoms with Gasteiger partial charge in [-0.3, -0.25) is 0 Å². The van der Waals surface area contributed by atoms with E-state index >= 15 is 0 Å². The molecule has 0 saturated carbocycles. The summed E-state index contributed by atoms with van der Waals surface area (Å²) in [7, 11) is -3.16. The van der Waals surface area contributed by atoms with E-state index in [1.54, 1.807) is 6.92 Å². The molecule has 0 aliphatic rings. The van der Waals surface area contributed by atoms with Gasteiger partial charge in [0.1, 0.15) is 0 Å². The molecular formula is C10H23NO3S. The van der Waals surface area contributed by atoms with Gasteiger partial charge in [0.2, 0.25) is 10.0 Å². The van der Waals surface area contributed by atoms with E-state index in [1.807, 2.05) is 13.8 Å². The second-order valence-corrected chi connectivity index (χ2v) is 6.06. The molecule has 2 N–H and O–H groups in total. The predicted octanol–water partition coefficient (Wildman–Crippen LogP) is 1.11. The number of hydrogen-bond donors (Lipinski definition) is 2. The Balaban J connectivity index is 3.87. The second-order valence-electron chi connectivity index (χ2n) is 4.21. The van der Waals surface area contributed by atoms with Crippen LogP contribution >= 0.6 is 0 Å². The Morgan fingerprint density at radius 3 is 2.33 bits per heavy atom. The molecule has 0 rings (SSSR count). The Bertz CT molecular complexity index is 249. The fourth-order valence-corrected chi connectivity index (χ4v) is 2.90. The number of hydrogen-bond acceptors (Lipinski definition) is 3. The van der Waals surface area contributed by atoms with E-state index < -0.39 is 16.1 Å². The van der Waals surface area contributed by atoms with Crippen LogP contribution in [-0.2, 0) is 10.0 Å². The van der Waals surface area contributed by atoms with Crippen molar-refractivity contribution in [3.05, 3.63) is 0 Å². The maximum atomic E-state index is 11.5. The summed E-state index contributed by atoms with van der Waals surface area (Å²) < 4.78 is 25.5. The third kappa shape index (κ3) is 8.84. The summed E-state index contributed by atoms with van der Waals surface area (Å²) in [5, 5.41) is 8.98. The molecule has 15 heavy (non-hydrogen) atoms. The van der Waals surface area contributed by atoms with Crippen LogP contribution in [0.3, 0.4) is 0 Å². The van der Waals surface area contributed by atoms with Crippen molar-refractivity contribution in [2.24, 2.45) is 5.92 Å². The molecule has 0 aromatic carbocycles. The predicted molar refractivity (Wildman–Crippen MR) is 62.2 cm³/mol. The van der Waals surface area contributed by atoms with E-state index in [0.717, 1.165) is 12.8 Å². The van der Waals surface area contributed by atoms with Gasteiger partial charge in [-0.05, 0) is 25.7 Å². The highest BCUT2D eigenvalue weighted by Gasteiger charge is 2.14. The number of rotatable bonds is 8. The van der Waals surface area contributed by atoms with Gasteiger partial charge in [0, 0.05) is 6.54 Å². The summed E-state index contributed by atoms with van der Waals surface area (Å²) in [6.07, 6.45) is 1.93. The average molecular weight is 237 g/mol. The molecule has 0 aliphatic carbocycles. The molecule has 0 bridgehead atoms. The standard InChI is InChI=1S/C10H23NO3S/c1-4-5-9(2)8-15(13,14)11-7-6-10(3)12/h9-12H,4-8H2,1-3H3. The van der Waals surface area contributed by atoms with Crippen molar-refractivity contribution in [2.75, 3.05) is 12.3 Å². The molecule has 4 nitrogen and oxygen atoms in total. The lowest BCUT2D eigenvalue weighted by Gasteiger charge is -2.12. The molecule has 0 amide bonds. The van der Waals surface area contributed by atoms with Crippen molar-refractivity contribution in [2.45, 2.75) is 46.1 Å². The number of aliphatic hydroxyl groups is 1. The Morgan fingerprint density at radius 2 is 1.87 bits per heavy atom. The van der Waals surface area contributed by atoms with Crippen LogP contribution < -0.4 is 4.72 Å². The van der Waals surface area contributed by atoms with Crippen molar-refractivity contribution in [3.8, 4) is 0 Å². The molecule has 0 aromatic rings. The Hall–Kier alpha value is -0.130. The molecule has 0 aromatic heterocycles. The molecular weight excluding hydrogens is 214 g/mol. The first kappa shape index (κ1) is 14.9. The Kier molecular flexibility index (Phi) is 7.13. The molecule has 0 fully saturated rings. The summed E-state index contributed by atoms with van der Waals surface area (Å²) >= 11 is 0. The van der Waals surface area contributed by atoms with Gasteiger partial charge in [-0.25, -0.2) is 13.1 Å². The first-order valence-electron chi connectivity index (χ1n) is 5.52. The van der Waals surface area contributed by atoms with E-state index in [2.05, 4.69) is 4.72 Å². The normalized spacial score (nSPS) is 16.3.